The maximum atomic E-state index is 13.6. The lowest BCUT2D eigenvalue weighted by Gasteiger charge is -2.14. The van der Waals surface area contributed by atoms with Gasteiger partial charge in [0, 0.05) is 12.6 Å². The van der Waals surface area contributed by atoms with Gasteiger partial charge in [-0.25, -0.2) is 4.98 Å². The molecule has 0 amide bonds. The third-order valence-corrected chi connectivity index (χ3v) is 5.07. The third-order valence-electron chi connectivity index (χ3n) is 4.04. The molecule has 0 radical (unpaired) electrons. The second kappa shape index (κ2) is 8.33. The minimum absolute atomic E-state index is 0.0782. The zero-order valence-corrected chi connectivity index (χ0v) is 17.1. The van der Waals surface area contributed by atoms with Gasteiger partial charge in [-0.3, -0.25) is 9.78 Å². The molecule has 0 saturated carbocycles. The number of halogens is 9. The minimum atomic E-state index is -5.05. The topological polar surface area (TPSA) is 58.6 Å². The Hall–Kier alpha value is -2.30. The van der Waals surface area contributed by atoms with Crippen molar-refractivity contribution in [2.24, 2.45) is 0 Å². The Bertz CT molecular complexity index is 1210. The average molecular weight is 503 g/mol. The van der Waals surface area contributed by atoms with Gasteiger partial charge < -0.3 is 4.98 Å². The lowest BCUT2D eigenvalue weighted by Crippen LogP contribution is -2.24. The van der Waals surface area contributed by atoms with Gasteiger partial charge in [-0.15, -0.1) is 0 Å². The first-order chi connectivity index (χ1) is 14.3. The number of nitrogens with zero attached hydrogens (tertiary/aromatic N) is 2. The number of H-pyrrole nitrogens is 1. The number of hydrogen-bond donors (Lipinski definition) is 1. The van der Waals surface area contributed by atoms with Crippen LogP contribution in [0.1, 0.15) is 22.4 Å². The van der Waals surface area contributed by atoms with Crippen molar-refractivity contribution in [3.05, 3.63) is 78.3 Å². The van der Waals surface area contributed by atoms with Crippen molar-refractivity contribution in [2.45, 2.75) is 18.8 Å². The number of aromatic amines is 1. The van der Waals surface area contributed by atoms with E-state index in [-0.39, 0.29) is 15.6 Å². The molecule has 0 saturated heterocycles. The van der Waals surface area contributed by atoms with E-state index in [0.29, 0.717) is 12.3 Å². The van der Waals surface area contributed by atoms with E-state index in [2.05, 4.69) is 15.0 Å². The SMILES string of the molecule is O=c1[nH]c(-c2ncc(C(F)(F)F)cc2Cl)nc(C(F)(F)F)c1Cc1ccc(Cl)c(Cl)c1. The number of hydrogen-bond acceptors (Lipinski definition) is 3. The Morgan fingerprint density at radius 3 is 2.13 bits per heavy atom. The number of pyridine rings is 1. The summed E-state index contributed by atoms with van der Waals surface area (Å²) in [6, 6.07) is 4.51. The zero-order valence-electron chi connectivity index (χ0n) is 14.8. The van der Waals surface area contributed by atoms with Crippen molar-refractivity contribution >= 4 is 34.8 Å². The Balaban J connectivity index is 2.13. The van der Waals surface area contributed by atoms with Crippen LogP contribution < -0.4 is 5.56 Å². The van der Waals surface area contributed by atoms with Crippen molar-refractivity contribution in [3.8, 4) is 11.5 Å². The molecule has 3 aromatic rings. The number of rotatable bonds is 3. The average Bonchev–Trinajstić information content (AvgIpc) is 2.64. The van der Waals surface area contributed by atoms with Crippen LogP contribution in [0.3, 0.4) is 0 Å². The summed E-state index contributed by atoms with van der Waals surface area (Å²) in [6.45, 7) is 0. The smallest absolute Gasteiger partial charge is 0.305 e. The summed E-state index contributed by atoms with van der Waals surface area (Å²) in [6.07, 6.45) is -9.93. The predicted molar refractivity (Wildman–Crippen MR) is 102 cm³/mol. The van der Waals surface area contributed by atoms with Crippen LogP contribution in [-0.2, 0) is 18.8 Å². The summed E-state index contributed by atoms with van der Waals surface area (Å²) in [5, 5.41) is -0.385. The molecule has 2 aromatic heterocycles. The molecule has 31 heavy (non-hydrogen) atoms. The fourth-order valence-electron chi connectivity index (χ4n) is 2.63. The Morgan fingerprint density at radius 2 is 1.58 bits per heavy atom. The van der Waals surface area contributed by atoms with Gasteiger partial charge in [-0.2, -0.15) is 26.3 Å². The van der Waals surface area contributed by atoms with E-state index in [4.69, 9.17) is 34.8 Å². The van der Waals surface area contributed by atoms with Crippen molar-refractivity contribution in [1.82, 2.24) is 15.0 Å². The Morgan fingerprint density at radius 1 is 0.903 bits per heavy atom. The number of nitrogens with one attached hydrogen (secondary N) is 1. The molecule has 0 fully saturated rings. The maximum absolute atomic E-state index is 13.6. The van der Waals surface area contributed by atoms with Crippen LogP contribution in [-0.4, -0.2) is 15.0 Å². The number of benzene rings is 1. The van der Waals surface area contributed by atoms with Gasteiger partial charge in [0.15, 0.2) is 11.5 Å². The quantitative estimate of drug-likeness (QED) is 0.421. The molecular formula is C18H8Cl3F6N3O. The zero-order chi connectivity index (χ0) is 23.1. The fraction of sp³-hybridized carbons (Fsp3) is 0.167. The van der Waals surface area contributed by atoms with E-state index in [0.717, 1.165) is 0 Å². The van der Waals surface area contributed by atoms with Crippen LogP contribution in [0.4, 0.5) is 26.3 Å². The molecule has 2 heterocycles. The minimum Gasteiger partial charge on any atom is -0.305 e. The van der Waals surface area contributed by atoms with E-state index in [1.165, 1.54) is 18.2 Å². The van der Waals surface area contributed by atoms with Crippen LogP contribution in [0, 0.1) is 0 Å². The van der Waals surface area contributed by atoms with Crippen molar-refractivity contribution in [2.75, 3.05) is 0 Å². The fourth-order valence-corrected chi connectivity index (χ4v) is 3.21. The van der Waals surface area contributed by atoms with E-state index < -0.39 is 57.7 Å². The van der Waals surface area contributed by atoms with Gasteiger partial charge in [0.25, 0.3) is 5.56 Å². The van der Waals surface area contributed by atoms with Gasteiger partial charge >= 0.3 is 12.4 Å². The molecule has 0 atom stereocenters. The monoisotopic (exact) mass is 501 g/mol. The van der Waals surface area contributed by atoms with E-state index in [1.807, 2.05) is 0 Å². The van der Waals surface area contributed by atoms with Crippen LogP contribution in [0.5, 0.6) is 0 Å². The lowest BCUT2D eigenvalue weighted by atomic mass is 10.0. The first-order valence-corrected chi connectivity index (χ1v) is 9.28. The molecule has 0 aliphatic carbocycles. The highest BCUT2D eigenvalue weighted by molar-refractivity contribution is 6.42. The predicted octanol–water partition coefficient (Wildman–Crippen LogP) is 6.42. The summed E-state index contributed by atoms with van der Waals surface area (Å²) in [4.78, 5) is 21.4. The summed E-state index contributed by atoms with van der Waals surface area (Å²) >= 11 is 17.4. The highest BCUT2D eigenvalue weighted by Gasteiger charge is 2.38. The highest BCUT2D eigenvalue weighted by Crippen LogP contribution is 2.35. The highest BCUT2D eigenvalue weighted by atomic mass is 35.5. The summed E-state index contributed by atoms with van der Waals surface area (Å²) < 4.78 is 79.2. The molecule has 4 nitrogen and oxygen atoms in total. The van der Waals surface area contributed by atoms with Gasteiger partial charge in [-0.1, -0.05) is 40.9 Å². The summed E-state index contributed by atoms with van der Waals surface area (Å²) in [5.41, 5.74) is -4.92. The van der Waals surface area contributed by atoms with E-state index in [1.54, 1.807) is 0 Å². The normalized spacial score (nSPS) is 12.3. The molecule has 1 aromatic carbocycles. The molecule has 0 unspecified atom stereocenters. The molecule has 0 spiro atoms. The van der Waals surface area contributed by atoms with Gasteiger partial charge in [0.1, 0.15) is 5.69 Å². The van der Waals surface area contributed by atoms with Gasteiger partial charge in [0.05, 0.1) is 26.2 Å². The molecule has 3 rings (SSSR count). The first-order valence-electron chi connectivity index (χ1n) is 8.15. The van der Waals surface area contributed by atoms with Crippen molar-refractivity contribution in [3.63, 3.8) is 0 Å². The van der Waals surface area contributed by atoms with E-state index >= 15 is 0 Å². The molecular weight excluding hydrogens is 495 g/mol. The Labute approximate surface area is 184 Å². The third kappa shape index (κ3) is 5.13. The van der Waals surface area contributed by atoms with Crippen molar-refractivity contribution < 1.29 is 26.3 Å². The number of alkyl halides is 6. The molecule has 13 heteroatoms. The lowest BCUT2D eigenvalue weighted by molar-refractivity contribution is -0.142. The van der Waals surface area contributed by atoms with Crippen LogP contribution in [0.25, 0.3) is 11.5 Å². The molecule has 164 valence electrons. The second-order valence-corrected chi connectivity index (χ2v) is 7.44. The summed E-state index contributed by atoms with van der Waals surface area (Å²) in [5.74, 6) is -0.728. The van der Waals surface area contributed by atoms with Crippen LogP contribution >= 0.6 is 34.8 Å². The maximum Gasteiger partial charge on any atom is 0.433 e. The Kier molecular flexibility index (Phi) is 6.28. The van der Waals surface area contributed by atoms with Crippen LogP contribution in [0.2, 0.25) is 15.1 Å². The van der Waals surface area contributed by atoms with Crippen molar-refractivity contribution in [1.29, 1.82) is 0 Å². The molecule has 0 aliphatic rings. The van der Waals surface area contributed by atoms with Gasteiger partial charge in [-0.05, 0) is 23.8 Å². The standard InChI is InChI=1S/C18H8Cl3F6N3O/c19-10-2-1-7(4-11(10)20)3-9-14(18(25,26)27)29-15(30-16(9)31)13-12(21)5-8(6-28-13)17(22,23)24/h1-2,4-6H,3H2,(H,29,30,31). The molecule has 0 bridgehead atoms. The number of aromatic nitrogens is 3. The van der Waals surface area contributed by atoms with Crippen LogP contribution in [0.15, 0.2) is 35.3 Å². The molecule has 0 aliphatic heterocycles. The second-order valence-electron chi connectivity index (χ2n) is 6.22. The van der Waals surface area contributed by atoms with E-state index in [9.17, 15) is 31.1 Å². The first kappa shape index (κ1) is 23.4. The largest absolute Gasteiger partial charge is 0.433 e. The van der Waals surface area contributed by atoms with Gasteiger partial charge in [0.2, 0.25) is 0 Å². The molecule has 1 N–H and O–H groups in total. The summed E-state index contributed by atoms with van der Waals surface area (Å²) in [7, 11) is 0.